The van der Waals surface area contributed by atoms with Crippen molar-refractivity contribution in [1.82, 2.24) is 0 Å². The predicted molar refractivity (Wildman–Crippen MR) is 78.4 cm³/mol. The van der Waals surface area contributed by atoms with Crippen molar-refractivity contribution in [2.45, 2.75) is 58.4 Å². The van der Waals surface area contributed by atoms with Crippen molar-refractivity contribution >= 4 is 0 Å². The molecule has 1 nitrogen and oxygen atoms in total. The third-order valence-electron chi connectivity index (χ3n) is 4.64. The molecule has 1 aromatic rings. The quantitative estimate of drug-likeness (QED) is 0.852. The van der Waals surface area contributed by atoms with E-state index < -0.39 is 11.6 Å². The minimum absolute atomic E-state index is 0.133. The Kier molecular flexibility index (Phi) is 4.19. The van der Waals surface area contributed by atoms with E-state index in [4.69, 9.17) is 5.73 Å². The van der Waals surface area contributed by atoms with Crippen molar-refractivity contribution in [2.75, 3.05) is 0 Å². The average Bonchev–Trinajstić information content (AvgIpc) is 2.32. The van der Waals surface area contributed by atoms with E-state index in [1.807, 2.05) is 0 Å². The van der Waals surface area contributed by atoms with Crippen LogP contribution in [0, 0.1) is 23.0 Å². The molecule has 1 saturated carbocycles. The first-order valence-corrected chi connectivity index (χ1v) is 7.45. The van der Waals surface area contributed by atoms with Gasteiger partial charge in [-0.1, -0.05) is 39.7 Å². The smallest absolute Gasteiger partial charge is 0.159 e. The van der Waals surface area contributed by atoms with Crippen LogP contribution >= 0.6 is 0 Å². The summed E-state index contributed by atoms with van der Waals surface area (Å²) in [5.74, 6) is -1.18. The fourth-order valence-electron chi connectivity index (χ4n) is 3.80. The molecular weight excluding hydrogens is 256 g/mol. The lowest BCUT2D eigenvalue weighted by molar-refractivity contribution is 0.0792. The van der Waals surface area contributed by atoms with Crippen molar-refractivity contribution < 1.29 is 8.78 Å². The molecule has 1 aromatic carbocycles. The molecule has 0 bridgehead atoms. The van der Waals surface area contributed by atoms with E-state index in [0.29, 0.717) is 12.3 Å². The molecule has 2 atom stereocenters. The van der Waals surface area contributed by atoms with Crippen LogP contribution in [0.5, 0.6) is 0 Å². The van der Waals surface area contributed by atoms with Crippen LogP contribution in [0.4, 0.5) is 8.78 Å². The zero-order valence-electron chi connectivity index (χ0n) is 12.7. The Morgan fingerprint density at radius 2 is 1.90 bits per heavy atom. The zero-order valence-corrected chi connectivity index (χ0v) is 12.7. The van der Waals surface area contributed by atoms with Gasteiger partial charge in [-0.2, -0.15) is 0 Å². The zero-order chi connectivity index (χ0) is 15.0. The summed E-state index contributed by atoms with van der Waals surface area (Å²) >= 11 is 0. The number of nitrogens with two attached hydrogens (primary N) is 1. The van der Waals surface area contributed by atoms with Crippen LogP contribution in [-0.2, 0) is 6.42 Å². The van der Waals surface area contributed by atoms with Crippen LogP contribution in [0.3, 0.4) is 0 Å². The summed E-state index contributed by atoms with van der Waals surface area (Å²) in [7, 11) is 0. The lowest BCUT2D eigenvalue weighted by Gasteiger charge is -2.48. The van der Waals surface area contributed by atoms with Gasteiger partial charge >= 0.3 is 0 Å². The highest BCUT2D eigenvalue weighted by Gasteiger charge is 2.43. The third kappa shape index (κ3) is 3.20. The number of benzene rings is 1. The monoisotopic (exact) mass is 281 g/mol. The van der Waals surface area contributed by atoms with Crippen LogP contribution in [0.25, 0.3) is 0 Å². The summed E-state index contributed by atoms with van der Waals surface area (Å²) < 4.78 is 26.4. The third-order valence-corrected chi connectivity index (χ3v) is 4.64. The Balaban J connectivity index is 2.25. The first-order chi connectivity index (χ1) is 9.22. The van der Waals surface area contributed by atoms with Gasteiger partial charge in [0.15, 0.2) is 11.6 Å². The normalized spacial score (nSPS) is 27.6. The van der Waals surface area contributed by atoms with Gasteiger partial charge in [-0.15, -0.1) is 0 Å². The first kappa shape index (κ1) is 15.4. The van der Waals surface area contributed by atoms with E-state index in [2.05, 4.69) is 20.8 Å². The second-order valence-corrected chi connectivity index (χ2v) is 7.32. The maximum Gasteiger partial charge on any atom is 0.159 e. The molecule has 20 heavy (non-hydrogen) atoms. The molecule has 0 heterocycles. The van der Waals surface area contributed by atoms with Gasteiger partial charge in [0.2, 0.25) is 0 Å². The van der Waals surface area contributed by atoms with Crippen molar-refractivity contribution in [3.05, 3.63) is 35.4 Å². The predicted octanol–water partition coefficient (Wildman–Crippen LogP) is 4.44. The van der Waals surface area contributed by atoms with Crippen LogP contribution in [0.15, 0.2) is 18.2 Å². The Morgan fingerprint density at radius 1 is 1.20 bits per heavy atom. The standard InChI is InChI=1S/C17H25F2N/c1-16(2,3)15-6-4-5-9-17(15,20)11-12-7-8-13(18)14(19)10-12/h7-8,10,15H,4-6,9,11,20H2,1-3H3. The van der Waals surface area contributed by atoms with E-state index in [-0.39, 0.29) is 11.0 Å². The molecule has 1 aliphatic rings. The van der Waals surface area contributed by atoms with E-state index in [1.165, 1.54) is 18.6 Å². The van der Waals surface area contributed by atoms with Crippen LogP contribution < -0.4 is 5.73 Å². The van der Waals surface area contributed by atoms with Crippen LogP contribution in [0.2, 0.25) is 0 Å². The molecule has 112 valence electrons. The summed E-state index contributed by atoms with van der Waals surface area (Å²) in [6.07, 6.45) is 5.01. The van der Waals surface area contributed by atoms with E-state index >= 15 is 0 Å². The lowest BCUT2D eigenvalue weighted by Crippen LogP contribution is -2.55. The largest absolute Gasteiger partial charge is 0.325 e. The molecule has 0 radical (unpaired) electrons. The number of rotatable bonds is 2. The second kappa shape index (κ2) is 5.44. The minimum atomic E-state index is -0.796. The Hall–Kier alpha value is -0.960. The molecule has 0 saturated heterocycles. The highest BCUT2D eigenvalue weighted by atomic mass is 19.2. The van der Waals surface area contributed by atoms with Crippen molar-refractivity contribution in [3.63, 3.8) is 0 Å². The molecule has 0 aliphatic heterocycles. The fourth-order valence-corrected chi connectivity index (χ4v) is 3.80. The molecule has 0 spiro atoms. The molecule has 2 unspecified atom stereocenters. The molecular formula is C17H25F2N. The highest BCUT2D eigenvalue weighted by Crippen LogP contribution is 2.44. The molecule has 3 heteroatoms. The Morgan fingerprint density at radius 3 is 2.50 bits per heavy atom. The van der Waals surface area contributed by atoms with Crippen LogP contribution in [0.1, 0.15) is 52.0 Å². The second-order valence-electron chi connectivity index (χ2n) is 7.32. The van der Waals surface area contributed by atoms with Crippen molar-refractivity contribution in [1.29, 1.82) is 0 Å². The summed E-state index contributed by atoms with van der Waals surface area (Å²) in [5, 5.41) is 0. The maximum atomic E-state index is 13.4. The van der Waals surface area contributed by atoms with Crippen molar-refractivity contribution in [2.24, 2.45) is 17.1 Å². The lowest BCUT2D eigenvalue weighted by atomic mass is 9.61. The van der Waals surface area contributed by atoms with Gasteiger partial charge in [-0.3, -0.25) is 0 Å². The van der Waals surface area contributed by atoms with Gasteiger partial charge in [0, 0.05) is 5.54 Å². The molecule has 0 aromatic heterocycles. The molecule has 0 amide bonds. The van der Waals surface area contributed by atoms with E-state index in [0.717, 1.165) is 24.8 Å². The number of hydrogen-bond acceptors (Lipinski definition) is 1. The summed E-state index contributed by atoms with van der Waals surface area (Å²) in [5.41, 5.74) is 7.30. The summed E-state index contributed by atoms with van der Waals surface area (Å²) in [6, 6.07) is 4.14. The SMILES string of the molecule is CC(C)(C)C1CCCCC1(N)Cc1ccc(F)c(F)c1. The molecule has 2 rings (SSSR count). The topological polar surface area (TPSA) is 26.0 Å². The van der Waals surface area contributed by atoms with Gasteiger partial charge in [-0.05, 0) is 48.3 Å². The highest BCUT2D eigenvalue weighted by molar-refractivity contribution is 5.21. The maximum absolute atomic E-state index is 13.4. The average molecular weight is 281 g/mol. The molecule has 1 aliphatic carbocycles. The Labute approximate surface area is 120 Å². The van der Waals surface area contributed by atoms with Crippen molar-refractivity contribution in [3.8, 4) is 0 Å². The van der Waals surface area contributed by atoms with Crippen LogP contribution in [-0.4, -0.2) is 5.54 Å². The number of halogens is 2. The first-order valence-electron chi connectivity index (χ1n) is 7.45. The van der Waals surface area contributed by atoms with Gasteiger partial charge in [0.25, 0.3) is 0 Å². The minimum Gasteiger partial charge on any atom is -0.325 e. The van der Waals surface area contributed by atoms with E-state index in [9.17, 15) is 8.78 Å². The van der Waals surface area contributed by atoms with Gasteiger partial charge in [0.05, 0.1) is 0 Å². The summed E-state index contributed by atoms with van der Waals surface area (Å²) in [6.45, 7) is 6.65. The van der Waals surface area contributed by atoms with E-state index in [1.54, 1.807) is 6.07 Å². The Bertz CT molecular complexity index is 478. The van der Waals surface area contributed by atoms with Gasteiger partial charge in [-0.25, -0.2) is 8.78 Å². The van der Waals surface area contributed by atoms with Gasteiger partial charge < -0.3 is 5.73 Å². The fraction of sp³-hybridized carbons (Fsp3) is 0.647. The molecule has 1 fully saturated rings. The summed E-state index contributed by atoms with van der Waals surface area (Å²) in [4.78, 5) is 0. The number of hydrogen-bond donors (Lipinski definition) is 1. The molecule has 2 N–H and O–H groups in total. The van der Waals surface area contributed by atoms with Gasteiger partial charge in [0.1, 0.15) is 0 Å².